The summed E-state index contributed by atoms with van der Waals surface area (Å²) in [6, 6.07) is 9.01. The maximum Gasteiger partial charge on any atom is 0.0408 e. The molecule has 100 valence electrons. The van der Waals surface area contributed by atoms with Gasteiger partial charge in [-0.25, -0.2) is 0 Å². The fraction of sp³-hybridized carbons (Fsp3) is 0.625. The Hall–Kier alpha value is -0.530. The number of hydrogen-bond acceptors (Lipinski definition) is 1. The van der Waals surface area contributed by atoms with Crippen LogP contribution in [0.3, 0.4) is 0 Å². The van der Waals surface area contributed by atoms with Crippen LogP contribution in [0.25, 0.3) is 0 Å². The molecule has 18 heavy (non-hydrogen) atoms. The van der Waals surface area contributed by atoms with E-state index in [0.29, 0.717) is 17.4 Å². The zero-order valence-corrected chi connectivity index (χ0v) is 12.4. The topological polar surface area (TPSA) is 12.0 Å². The molecule has 0 heterocycles. The molecule has 0 radical (unpaired) electrons. The first-order chi connectivity index (χ1) is 8.44. The molecule has 0 amide bonds. The standard InChI is InChI=1S/C16H24ClN/c1-16(2,3)7-8-18-15-10-13(11-15)12-5-4-6-14(17)9-12/h4-6,9,13,15,18H,7-8,10-11H2,1-3H3. The van der Waals surface area contributed by atoms with E-state index >= 15 is 0 Å². The minimum Gasteiger partial charge on any atom is -0.314 e. The van der Waals surface area contributed by atoms with Gasteiger partial charge in [-0.2, -0.15) is 0 Å². The molecule has 2 heteroatoms. The van der Waals surface area contributed by atoms with E-state index in [9.17, 15) is 0 Å². The maximum atomic E-state index is 6.02. The monoisotopic (exact) mass is 265 g/mol. The highest BCUT2D eigenvalue weighted by atomic mass is 35.5. The highest BCUT2D eigenvalue weighted by Gasteiger charge is 2.29. The van der Waals surface area contributed by atoms with Crippen LogP contribution in [0.4, 0.5) is 0 Å². The summed E-state index contributed by atoms with van der Waals surface area (Å²) in [5.74, 6) is 0.704. The average molecular weight is 266 g/mol. The predicted octanol–water partition coefficient (Wildman–Crippen LogP) is 4.61. The fourth-order valence-corrected chi connectivity index (χ4v) is 2.67. The van der Waals surface area contributed by atoms with Crippen molar-refractivity contribution in [1.29, 1.82) is 0 Å². The summed E-state index contributed by atoms with van der Waals surface area (Å²) in [7, 11) is 0. The van der Waals surface area contributed by atoms with Crippen molar-refractivity contribution in [2.75, 3.05) is 6.54 Å². The van der Waals surface area contributed by atoms with Gasteiger partial charge in [0.1, 0.15) is 0 Å². The number of hydrogen-bond donors (Lipinski definition) is 1. The van der Waals surface area contributed by atoms with Crippen molar-refractivity contribution in [3.05, 3.63) is 34.9 Å². The number of benzene rings is 1. The van der Waals surface area contributed by atoms with Gasteiger partial charge >= 0.3 is 0 Å². The van der Waals surface area contributed by atoms with Crippen molar-refractivity contribution in [2.24, 2.45) is 5.41 Å². The van der Waals surface area contributed by atoms with Gasteiger partial charge in [0.25, 0.3) is 0 Å². The Kier molecular flexibility index (Phi) is 4.34. The van der Waals surface area contributed by atoms with E-state index < -0.39 is 0 Å². The predicted molar refractivity (Wildman–Crippen MR) is 79.3 cm³/mol. The van der Waals surface area contributed by atoms with E-state index in [1.807, 2.05) is 6.07 Å². The second kappa shape index (κ2) is 5.63. The molecule has 0 unspecified atom stereocenters. The van der Waals surface area contributed by atoms with Crippen LogP contribution in [0, 0.1) is 5.41 Å². The zero-order valence-electron chi connectivity index (χ0n) is 11.7. The summed E-state index contributed by atoms with van der Waals surface area (Å²) in [6.07, 6.45) is 3.75. The van der Waals surface area contributed by atoms with Crippen LogP contribution in [-0.2, 0) is 0 Å². The molecule has 0 spiro atoms. The number of nitrogens with one attached hydrogen (secondary N) is 1. The number of halogens is 1. The number of rotatable bonds is 4. The third kappa shape index (κ3) is 4.00. The van der Waals surface area contributed by atoms with Gasteiger partial charge in [-0.05, 0) is 54.8 Å². The first-order valence-electron chi connectivity index (χ1n) is 6.93. The van der Waals surface area contributed by atoms with Crippen LogP contribution < -0.4 is 5.32 Å². The fourth-order valence-electron chi connectivity index (χ4n) is 2.47. The molecule has 0 aliphatic heterocycles. The van der Waals surface area contributed by atoms with Crippen molar-refractivity contribution in [3.63, 3.8) is 0 Å². The molecule has 1 N–H and O–H groups in total. The van der Waals surface area contributed by atoms with Crippen molar-refractivity contribution in [1.82, 2.24) is 5.32 Å². The first kappa shape index (κ1) is 13.9. The lowest BCUT2D eigenvalue weighted by Crippen LogP contribution is -2.41. The Morgan fingerprint density at radius 2 is 2.00 bits per heavy atom. The minimum absolute atomic E-state index is 0.434. The Labute approximate surface area is 116 Å². The Morgan fingerprint density at radius 1 is 1.28 bits per heavy atom. The van der Waals surface area contributed by atoms with Gasteiger partial charge in [0.15, 0.2) is 0 Å². The van der Waals surface area contributed by atoms with E-state index in [4.69, 9.17) is 11.6 Å². The summed E-state index contributed by atoms with van der Waals surface area (Å²) in [5, 5.41) is 4.52. The third-order valence-electron chi connectivity index (χ3n) is 3.77. The maximum absolute atomic E-state index is 6.02. The highest BCUT2D eigenvalue weighted by molar-refractivity contribution is 6.30. The SMILES string of the molecule is CC(C)(C)CCNC1CC(c2cccc(Cl)c2)C1. The van der Waals surface area contributed by atoms with Crippen LogP contribution in [0.1, 0.15) is 51.5 Å². The van der Waals surface area contributed by atoms with Crippen molar-refractivity contribution < 1.29 is 0 Å². The van der Waals surface area contributed by atoms with Crippen molar-refractivity contribution in [3.8, 4) is 0 Å². The van der Waals surface area contributed by atoms with Gasteiger partial charge in [0.05, 0.1) is 0 Å². The van der Waals surface area contributed by atoms with E-state index in [1.165, 1.54) is 24.8 Å². The second-order valence-corrected chi connectivity index (χ2v) is 7.12. The minimum atomic E-state index is 0.434. The van der Waals surface area contributed by atoms with Gasteiger partial charge in [-0.1, -0.05) is 44.5 Å². The van der Waals surface area contributed by atoms with E-state index in [-0.39, 0.29) is 0 Å². The molecule has 1 aliphatic carbocycles. The third-order valence-corrected chi connectivity index (χ3v) is 4.00. The molecular formula is C16H24ClN. The first-order valence-corrected chi connectivity index (χ1v) is 7.31. The summed E-state index contributed by atoms with van der Waals surface area (Å²) in [5.41, 5.74) is 1.83. The Bertz CT molecular complexity index is 388. The normalized spacial score (nSPS) is 23.8. The van der Waals surface area contributed by atoms with Crippen molar-refractivity contribution >= 4 is 11.6 Å². The Balaban J connectivity index is 1.71. The molecule has 0 atom stereocenters. The van der Waals surface area contributed by atoms with Crippen LogP contribution >= 0.6 is 11.6 Å². The van der Waals surface area contributed by atoms with Crippen LogP contribution in [-0.4, -0.2) is 12.6 Å². The lowest BCUT2D eigenvalue weighted by Gasteiger charge is -2.37. The largest absolute Gasteiger partial charge is 0.314 e. The molecule has 2 rings (SSSR count). The molecule has 0 aromatic heterocycles. The molecule has 1 aromatic rings. The quantitative estimate of drug-likeness (QED) is 0.838. The molecule has 1 aliphatic rings. The summed E-state index contributed by atoms with van der Waals surface area (Å²) in [4.78, 5) is 0. The zero-order chi connectivity index (χ0) is 13.2. The lowest BCUT2D eigenvalue weighted by molar-refractivity contribution is 0.270. The van der Waals surface area contributed by atoms with Crippen molar-refractivity contribution in [2.45, 2.75) is 52.0 Å². The molecule has 1 fully saturated rings. The van der Waals surface area contributed by atoms with Gasteiger partial charge in [0.2, 0.25) is 0 Å². The molecular weight excluding hydrogens is 242 g/mol. The molecule has 1 aromatic carbocycles. The molecule has 0 saturated heterocycles. The van der Waals surface area contributed by atoms with Gasteiger partial charge in [0, 0.05) is 11.1 Å². The van der Waals surface area contributed by atoms with Gasteiger partial charge in [-0.3, -0.25) is 0 Å². The molecule has 1 nitrogen and oxygen atoms in total. The lowest BCUT2D eigenvalue weighted by atomic mass is 9.76. The van der Waals surface area contributed by atoms with E-state index in [1.54, 1.807) is 0 Å². The average Bonchev–Trinajstić information content (AvgIpc) is 2.19. The van der Waals surface area contributed by atoms with Crippen LogP contribution in [0.2, 0.25) is 5.02 Å². The van der Waals surface area contributed by atoms with Crippen LogP contribution in [0.15, 0.2) is 24.3 Å². The smallest absolute Gasteiger partial charge is 0.0408 e. The van der Waals surface area contributed by atoms with E-state index in [0.717, 1.165) is 11.6 Å². The molecule has 0 bridgehead atoms. The summed E-state index contributed by atoms with van der Waals surface area (Å²) >= 11 is 6.02. The van der Waals surface area contributed by atoms with Gasteiger partial charge in [-0.15, -0.1) is 0 Å². The Morgan fingerprint density at radius 3 is 2.61 bits per heavy atom. The highest BCUT2D eigenvalue weighted by Crippen LogP contribution is 2.37. The summed E-state index contributed by atoms with van der Waals surface area (Å²) < 4.78 is 0. The molecule has 1 saturated carbocycles. The van der Waals surface area contributed by atoms with Gasteiger partial charge < -0.3 is 5.32 Å². The second-order valence-electron chi connectivity index (χ2n) is 6.69. The van der Waals surface area contributed by atoms with Crippen LogP contribution in [0.5, 0.6) is 0 Å². The van der Waals surface area contributed by atoms with E-state index in [2.05, 4.69) is 44.3 Å². The summed E-state index contributed by atoms with van der Waals surface area (Å²) in [6.45, 7) is 8.02.